The third kappa shape index (κ3) is 4.75. The first-order valence-electron chi connectivity index (χ1n) is 10.2. The predicted molar refractivity (Wildman–Crippen MR) is 131 cm³/mol. The van der Waals surface area contributed by atoms with Gasteiger partial charge in [-0.1, -0.05) is 0 Å². The van der Waals surface area contributed by atoms with Gasteiger partial charge in [0.15, 0.2) is 0 Å². The van der Waals surface area contributed by atoms with E-state index in [1.54, 1.807) is 12.0 Å². The molecule has 5 nitrogen and oxygen atoms in total. The Bertz CT molecular complexity index is 1120. The van der Waals surface area contributed by atoms with Crippen LogP contribution in [0, 0.1) is 6.92 Å². The minimum absolute atomic E-state index is 0.102. The maximum atomic E-state index is 13.5. The Kier molecular flexibility index (Phi) is 6.99. The molecule has 1 atom stereocenters. The van der Waals surface area contributed by atoms with Crippen molar-refractivity contribution < 1.29 is 14.3 Å². The van der Waals surface area contributed by atoms with E-state index in [1.165, 1.54) is 4.90 Å². The van der Waals surface area contributed by atoms with Crippen LogP contribution in [0.2, 0.25) is 4.82 Å². The van der Waals surface area contributed by atoms with Gasteiger partial charge in [-0.05, 0) is 0 Å². The van der Waals surface area contributed by atoms with Crippen LogP contribution in [0.5, 0.6) is 5.75 Å². The zero-order chi connectivity index (χ0) is 22.7. The fourth-order valence-electron chi connectivity index (χ4n) is 3.63. The minimum atomic E-state index is -0.285. The topological polar surface area (TPSA) is 49.9 Å². The van der Waals surface area contributed by atoms with Crippen LogP contribution in [0.25, 0.3) is 0 Å². The summed E-state index contributed by atoms with van der Waals surface area (Å²) in [5.41, 5.74) is 2.49. The third-order valence-corrected chi connectivity index (χ3v) is 8.71. The number of imide groups is 1. The molecule has 1 fully saturated rings. The number of rotatable bonds is 6. The van der Waals surface area contributed by atoms with Crippen LogP contribution < -0.4 is 14.1 Å². The molecule has 1 heterocycles. The van der Waals surface area contributed by atoms with Crippen LogP contribution in [0.1, 0.15) is 11.1 Å². The number of halogens is 1. The molecule has 0 radical (unpaired) electrons. The van der Waals surface area contributed by atoms with E-state index in [9.17, 15) is 9.59 Å². The van der Waals surface area contributed by atoms with Crippen LogP contribution >= 0.6 is 15.9 Å². The number of methoxy groups -OCH3 is 1. The van der Waals surface area contributed by atoms with Crippen molar-refractivity contribution in [2.75, 3.05) is 18.6 Å². The molecule has 0 aromatic heterocycles. The van der Waals surface area contributed by atoms with E-state index in [0.29, 0.717) is 18.8 Å². The van der Waals surface area contributed by atoms with Gasteiger partial charge in [0.25, 0.3) is 0 Å². The number of anilines is 1. The second-order valence-corrected chi connectivity index (χ2v) is 11.0. The standard InChI is InChI=1S/C25H23BrN2O3Se/c1-17-21(26)9-6-10-22(17)28-24(29)23(32-20-7-4-3-5-8-20)16-27(25(28)30)15-18-11-13-19(31-2)14-12-18/h3-14,23H,15-16H2,1-2H3. The van der Waals surface area contributed by atoms with Crippen LogP contribution in [-0.2, 0) is 11.3 Å². The van der Waals surface area contributed by atoms with Crippen LogP contribution in [0.3, 0.4) is 0 Å². The average Bonchev–Trinajstić information content (AvgIpc) is 2.81. The fraction of sp³-hybridized carbons (Fsp3) is 0.200. The molecule has 3 aromatic rings. The monoisotopic (exact) mass is 558 g/mol. The molecule has 7 heteroatoms. The second-order valence-electron chi connectivity index (χ2n) is 7.49. The fourth-order valence-corrected chi connectivity index (χ4v) is 6.30. The van der Waals surface area contributed by atoms with Crippen molar-refractivity contribution >= 4 is 53.0 Å². The van der Waals surface area contributed by atoms with Gasteiger partial charge >= 0.3 is 203 Å². The van der Waals surface area contributed by atoms with Crippen molar-refractivity contribution in [2.24, 2.45) is 0 Å². The molecular formula is C25H23BrN2O3Se. The molecule has 0 saturated carbocycles. The molecule has 3 amide bonds. The van der Waals surface area contributed by atoms with E-state index in [0.717, 1.165) is 25.8 Å². The zero-order valence-electron chi connectivity index (χ0n) is 17.8. The van der Waals surface area contributed by atoms with Crippen LogP contribution in [-0.4, -0.2) is 45.4 Å². The van der Waals surface area contributed by atoms with Crippen molar-refractivity contribution in [2.45, 2.75) is 18.3 Å². The molecule has 0 spiro atoms. The quantitative estimate of drug-likeness (QED) is 0.418. The number of urea groups is 1. The SMILES string of the molecule is COc1ccc(CN2CC([Se]c3ccccc3)C(=O)N(c3cccc(Br)c3C)C2=O)cc1. The number of carbonyl (C=O) groups excluding carboxylic acids is 2. The molecule has 1 unspecified atom stereocenters. The molecule has 1 aliphatic rings. The third-order valence-electron chi connectivity index (χ3n) is 5.38. The molecule has 1 aliphatic heterocycles. The summed E-state index contributed by atoms with van der Waals surface area (Å²) < 4.78 is 7.25. The van der Waals surface area contributed by atoms with E-state index >= 15 is 0 Å². The van der Waals surface area contributed by atoms with Gasteiger partial charge in [0, 0.05) is 0 Å². The first-order chi connectivity index (χ1) is 15.5. The van der Waals surface area contributed by atoms with Crippen LogP contribution in [0.4, 0.5) is 10.5 Å². The van der Waals surface area contributed by atoms with Gasteiger partial charge in [-0.3, -0.25) is 0 Å². The van der Waals surface area contributed by atoms with E-state index in [-0.39, 0.29) is 31.7 Å². The van der Waals surface area contributed by atoms with E-state index in [1.807, 2.05) is 79.7 Å². The molecule has 0 aliphatic carbocycles. The summed E-state index contributed by atoms with van der Waals surface area (Å²) in [7, 11) is 1.63. The number of benzene rings is 3. The number of nitrogens with zero attached hydrogens (tertiary/aromatic N) is 2. The van der Waals surface area contributed by atoms with Crippen molar-refractivity contribution in [3.05, 3.63) is 88.4 Å². The summed E-state index contributed by atoms with van der Waals surface area (Å²) in [4.78, 5) is 29.9. The number of ether oxygens (including phenoxy) is 1. The van der Waals surface area contributed by atoms with Gasteiger partial charge < -0.3 is 0 Å². The molecule has 1 saturated heterocycles. The number of carbonyl (C=O) groups is 2. The molecular weight excluding hydrogens is 535 g/mol. The first kappa shape index (κ1) is 22.6. The molecule has 3 aromatic carbocycles. The summed E-state index contributed by atoms with van der Waals surface area (Å²) in [5.74, 6) is 0.636. The molecule has 164 valence electrons. The van der Waals surface area contributed by atoms with Gasteiger partial charge in [-0.25, -0.2) is 0 Å². The Balaban J connectivity index is 1.68. The molecule has 4 rings (SSSR count). The second kappa shape index (κ2) is 9.90. The Morgan fingerprint density at radius 1 is 1.00 bits per heavy atom. The number of hydrogen-bond donors (Lipinski definition) is 0. The van der Waals surface area contributed by atoms with Crippen molar-refractivity contribution in [3.8, 4) is 5.75 Å². The normalized spacial score (nSPS) is 16.4. The molecule has 32 heavy (non-hydrogen) atoms. The van der Waals surface area contributed by atoms with Gasteiger partial charge in [-0.2, -0.15) is 0 Å². The summed E-state index contributed by atoms with van der Waals surface area (Å²) in [6, 6.07) is 23.0. The van der Waals surface area contributed by atoms with Gasteiger partial charge in [0.1, 0.15) is 0 Å². The van der Waals surface area contributed by atoms with Gasteiger partial charge in [0.05, 0.1) is 0 Å². The van der Waals surface area contributed by atoms with E-state index in [4.69, 9.17) is 4.74 Å². The Morgan fingerprint density at radius 2 is 1.72 bits per heavy atom. The van der Waals surface area contributed by atoms with E-state index < -0.39 is 0 Å². The molecule has 0 bridgehead atoms. The van der Waals surface area contributed by atoms with Gasteiger partial charge in [0.2, 0.25) is 0 Å². The van der Waals surface area contributed by atoms with E-state index in [2.05, 4.69) is 15.9 Å². The average molecular weight is 558 g/mol. The Labute approximate surface area is 202 Å². The van der Waals surface area contributed by atoms with Crippen molar-refractivity contribution in [1.82, 2.24) is 4.90 Å². The van der Waals surface area contributed by atoms with Crippen LogP contribution in [0.15, 0.2) is 77.3 Å². The molecule has 0 N–H and O–H groups in total. The summed E-state index contributed by atoms with van der Waals surface area (Å²) in [6.45, 7) is 2.75. The Morgan fingerprint density at radius 3 is 2.41 bits per heavy atom. The summed E-state index contributed by atoms with van der Waals surface area (Å²) in [6.07, 6.45) is 0. The number of amides is 3. The summed E-state index contributed by atoms with van der Waals surface area (Å²) in [5, 5.41) is 0. The van der Waals surface area contributed by atoms with Crippen molar-refractivity contribution in [3.63, 3.8) is 0 Å². The zero-order valence-corrected chi connectivity index (χ0v) is 21.1. The summed E-state index contributed by atoms with van der Waals surface area (Å²) >= 11 is 3.43. The first-order valence-corrected chi connectivity index (χ1v) is 12.8. The van der Waals surface area contributed by atoms with Crippen molar-refractivity contribution in [1.29, 1.82) is 0 Å². The Hall–Kier alpha value is -2.60. The predicted octanol–water partition coefficient (Wildman–Crippen LogP) is 4.55. The van der Waals surface area contributed by atoms with Gasteiger partial charge in [-0.15, -0.1) is 0 Å². The maximum absolute atomic E-state index is 13.5. The number of hydrogen-bond acceptors (Lipinski definition) is 3.